The summed E-state index contributed by atoms with van der Waals surface area (Å²) in [4.78, 5) is 13.5. The van der Waals surface area contributed by atoms with Gasteiger partial charge in [-0.2, -0.15) is 0 Å². The first-order chi connectivity index (χ1) is 6.09. The standard InChI is InChI=1S/C7H5NO.CH5N3/c9-7-5-1-3-6(8-7)4-2-5;2-1(3)4/h1-4H,(H,8,9);(H5,2,3,4). The molecule has 3 aromatic rings. The predicted molar refractivity (Wildman–Crippen MR) is 51.9 cm³/mol. The molecule has 6 N–H and O–H groups in total. The van der Waals surface area contributed by atoms with E-state index in [1.807, 2.05) is 24.3 Å². The van der Waals surface area contributed by atoms with Crippen molar-refractivity contribution in [2.45, 2.75) is 0 Å². The molecular formula is C8H10N4O. The number of hydrogen-bond acceptors (Lipinski definition) is 2. The van der Waals surface area contributed by atoms with E-state index < -0.39 is 0 Å². The van der Waals surface area contributed by atoms with Crippen molar-refractivity contribution in [3.8, 4) is 0 Å². The van der Waals surface area contributed by atoms with Crippen molar-refractivity contribution in [3.63, 3.8) is 0 Å². The second kappa shape index (κ2) is 3.57. The number of hydrogen-bond donors (Lipinski definition) is 4. The van der Waals surface area contributed by atoms with Crippen LogP contribution in [0, 0.1) is 5.41 Å². The molecular weight excluding hydrogens is 168 g/mol. The number of aromatic amines is 1. The molecule has 0 atom stereocenters. The van der Waals surface area contributed by atoms with Crippen molar-refractivity contribution in [1.82, 2.24) is 4.98 Å². The lowest BCUT2D eigenvalue weighted by atomic mass is 10.2. The third-order valence-corrected chi connectivity index (χ3v) is 1.40. The summed E-state index contributed by atoms with van der Waals surface area (Å²) in [7, 11) is 0. The van der Waals surface area contributed by atoms with Crippen molar-refractivity contribution in [3.05, 3.63) is 34.6 Å². The lowest BCUT2D eigenvalue weighted by Gasteiger charge is -1.93. The minimum absolute atomic E-state index is 0.00926. The molecule has 0 aliphatic carbocycles. The molecule has 0 radical (unpaired) electrons. The number of guanidine groups is 1. The highest BCUT2D eigenvalue weighted by molar-refractivity contribution is 5.71. The van der Waals surface area contributed by atoms with Gasteiger partial charge in [0.15, 0.2) is 5.96 Å². The average Bonchev–Trinajstić information content (AvgIpc) is 2.04. The van der Waals surface area contributed by atoms with E-state index in [4.69, 9.17) is 5.41 Å². The van der Waals surface area contributed by atoms with E-state index in [0.29, 0.717) is 0 Å². The third-order valence-electron chi connectivity index (χ3n) is 1.40. The molecule has 5 nitrogen and oxygen atoms in total. The Morgan fingerprint density at radius 1 is 1.23 bits per heavy atom. The molecule has 0 spiro atoms. The molecule has 68 valence electrons. The van der Waals surface area contributed by atoms with Crippen LogP contribution in [-0.4, -0.2) is 10.9 Å². The zero-order chi connectivity index (χ0) is 9.84. The molecule has 0 aliphatic rings. The van der Waals surface area contributed by atoms with Crippen molar-refractivity contribution >= 4 is 16.9 Å². The van der Waals surface area contributed by atoms with Gasteiger partial charge in [-0.15, -0.1) is 0 Å². The zero-order valence-corrected chi connectivity index (χ0v) is 6.87. The van der Waals surface area contributed by atoms with Crippen molar-refractivity contribution in [2.24, 2.45) is 11.5 Å². The van der Waals surface area contributed by atoms with Crippen LogP contribution < -0.4 is 17.0 Å². The summed E-state index contributed by atoms with van der Waals surface area (Å²) in [6.45, 7) is 0. The van der Waals surface area contributed by atoms with Crippen LogP contribution in [0.4, 0.5) is 0 Å². The molecule has 13 heavy (non-hydrogen) atoms. The van der Waals surface area contributed by atoms with Gasteiger partial charge in [-0.3, -0.25) is 10.2 Å². The van der Waals surface area contributed by atoms with Crippen LogP contribution in [0.2, 0.25) is 0 Å². The maximum atomic E-state index is 10.8. The Bertz CT molecular complexity index is 423. The lowest BCUT2D eigenvalue weighted by Crippen LogP contribution is -2.20. The molecule has 5 heteroatoms. The number of pyridine rings is 2. The quantitative estimate of drug-likeness (QED) is 0.331. The topological polar surface area (TPSA) is 109 Å². The van der Waals surface area contributed by atoms with E-state index in [-0.39, 0.29) is 11.5 Å². The van der Waals surface area contributed by atoms with Gasteiger partial charge in [0.05, 0.1) is 0 Å². The first-order valence-corrected chi connectivity index (χ1v) is 3.60. The van der Waals surface area contributed by atoms with Crippen molar-refractivity contribution < 1.29 is 0 Å². The summed E-state index contributed by atoms with van der Waals surface area (Å²) >= 11 is 0. The van der Waals surface area contributed by atoms with Crippen LogP contribution >= 0.6 is 0 Å². The highest BCUT2D eigenvalue weighted by Gasteiger charge is 1.92. The monoisotopic (exact) mass is 178 g/mol. The molecule has 2 bridgehead atoms. The van der Waals surface area contributed by atoms with Gasteiger partial charge in [-0.25, -0.2) is 0 Å². The maximum Gasteiger partial charge on any atom is 0.255 e. The molecule has 0 amide bonds. The zero-order valence-electron chi connectivity index (χ0n) is 6.87. The minimum atomic E-state index is -0.333. The Labute approximate surface area is 74.2 Å². The van der Waals surface area contributed by atoms with E-state index in [2.05, 4.69) is 16.5 Å². The highest BCUT2D eigenvalue weighted by Crippen LogP contribution is 2.01. The Kier molecular flexibility index (Phi) is 2.49. The van der Waals surface area contributed by atoms with Gasteiger partial charge in [0, 0.05) is 10.9 Å². The number of rotatable bonds is 0. The fraction of sp³-hybridized carbons (Fsp3) is 0. The van der Waals surface area contributed by atoms with Crippen LogP contribution in [-0.2, 0) is 0 Å². The number of nitrogens with one attached hydrogen (secondary N) is 2. The summed E-state index contributed by atoms with van der Waals surface area (Å²) in [5.74, 6) is -0.333. The first kappa shape index (κ1) is 9.05. The van der Waals surface area contributed by atoms with Crippen LogP contribution in [0.5, 0.6) is 0 Å². The Hall–Kier alpha value is -2.04. The van der Waals surface area contributed by atoms with Crippen molar-refractivity contribution in [1.29, 1.82) is 5.41 Å². The van der Waals surface area contributed by atoms with E-state index in [1.165, 1.54) is 0 Å². The number of nitrogens with two attached hydrogens (primary N) is 2. The SMILES string of the molecule is N=C(N)N.O=c1[nH]c2ccc1cc2. The summed E-state index contributed by atoms with van der Waals surface area (Å²) in [5.41, 5.74) is 9.84. The number of aromatic nitrogens is 1. The summed E-state index contributed by atoms with van der Waals surface area (Å²) < 4.78 is 0. The second-order valence-electron chi connectivity index (χ2n) is 2.49. The van der Waals surface area contributed by atoms with Gasteiger partial charge < -0.3 is 16.5 Å². The van der Waals surface area contributed by atoms with E-state index >= 15 is 0 Å². The summed E-state index contributed by atoms with van der Waals surface area (Å²) in [5, 5.41) is 6.80. The Morgan fingerprint density at radius 3 is 1.85 bits per heavy atom. The predicted octanol–water partition coefficient (Wildman–Crippen LogP) is -0.196. The molecule has 0 saturated heterocycles. The fourth-order valence-electron chi connectivity index (χ4n) is 0.908. The lowest BCUT2D eigenvalue weighted by molar-refractivity contribution is 1.31. The van der Waals surface area contributed by atoms with Crippen LogP contribution in [0.25, 0.3) is 10.9 Å². The molecule has 0 aliphatic heterocycles. The Morgan fingerprint density at radius 2 is 1.69 bits per heavy atom. The molecule has 0 fully saturated rings. The van der Waals surface area contributed by atoms with Gasteiger partial charge in [0.25, 0.3) is 5.56 Å². The van der Waals surface area contributed by atoms with Gasteiger partial charge in [-0.05, 0) is 24.3 Å². The maximum absolute atomic E-state index is 10.8. The Balaban J connectivity index is 0.000000184. The average molecular weight is 178 g/mol. The molecule has 0 unspecified atom stereocenters. The van der Waals surface area contributed by atoms with Crippen LogP contribution in [0.1, 0.15) is 0 Å². The number of H-pyrrole nitrogens is 1. The smallest absolute Gasteiger partial charge is 0.255 e. The summed E-state index contributed by atoms with van der Waals surface area (Å²) in [6, 6.07) is 7.40. The van der Waals surface area contributed by atoms with Gasteiger partial charge in [-0.1, -0.05) is 0 Å². The van der Waals surface area contributed by atoms with E-state index in [0.717, 1.165) is 10.9 Å². The minimum Gasteiger partial charge on any atom is -0.370 e. The molecule has 0 saturated carbocycles. The third kappa shape index (κ3) is 2.48. The molecule has 2 aromatic heterocycles. The molecule has 1 aromatic carbocycles. The van der Waals surface area contributed by atoms with E-state index in [1.54, 1.807) is 0 Å². The molecule has 2 heterocycles. The van der Waals surface area contributed by atoms with Crippen LogP contribution in [0.15, 0.2) is 29.1 Å². The summed E-state index contributed by atoms with van der Waals surface area (Å²) in [6.07, 6.45) is 0. The normalized spacial score (nSPS) is 9.23. The second-order valence-corrected chi connectivity index (χ2v) is 2.49. The van der Waals surface area contributed by atoms with Gasteiger partial charge >= 0.3 is 0 Å². The largest absolute Gasteiger partial charge is 0.370 e. The fourth-order valence-corrected chi connectivity index (χ4v) is 0.908. The first-order valence-electron chi connectivity index (χ1n) is 3.60. The van der Waals surface area contributed by atoms with Gasteiger partial charge in [0.1, 0.15) is 0 Å². The molecule has 3 rings (SSSR count). The van der Waals surface area contributed by atoms with Crippen molar-refractivity contribution in [2.75, 3.05) is 0 Å². The highest BCUT2D eigenvalue weighted by atomic mass is 16.1. The number of benzene rings is 1. The van der Waals surface area contributed by atoms with Crippen LogP contribution in [0.3, 0.4) is 0 Å². The number of fused-ring (bicyclic) bond motifs is 3. The van der Waals surface area contributed by atoms with Gasteiger partial charge in [0.2, 0.25) is 0 Å². The van der Waals surface area contributed by atoms with E-state index in [9.17, 15) is 4.79 Å².